The molecule has 0 saturated carbocycles. The van der Waals surface area contributed by atoms with E-state index >= 15 is 0 Å². The van der Waals surface area contributed by atoms with Gasteiger partial charge < -0.3 is 10.2 Å². The van der Waals surface area contributed by atoms with Crippen LogP contribution in [-0.2, 0) is 9.59 Å². The summed E-state index contributed by atoms with van der Waals surface area (Å²) < 4.78 is 0. The third kappa shape index (κ3) is 7.81. The topological polar surface area (TPSA) is 74.6 Å². The van der Waals surface area contributed by atoms with Crippen molar-refractivity contribution >= 4 is 11.9 Å². The second-order valence-electron chi connectivity index (χ2n) is 7.00. The Hall–Kier alpha value is -1.06. The van der Waals surface area contributed by atoms with Gasteiger partial charge in [-0.25, -0.2) is 0 Å². The zero-order valence-corrected chi connectivity index (χ0v) is 14.7. The Morgan fingerprint density at radius 2 is 1.64 bits per heavy atom. The van der Waals surface area contributed by atoms with Crippen LogP contribution in [0.3, 0.4) is 0 Å². The van der Waals surface area contributed by atoms with Gasteiger partial charge in [-0.3, -0.25) is 9.59 Å². The van der Waals surface area contributed by atoms with Crippen molar-refractivity contribution in [1.82, 2.24) is 0 Å². The molecule has 0 heterocycles. The van der Waals surface area contributed by atoms with Crippen LogP contribution in [0.1, 0.15) is 85.5 Å². The summed E-state index contributed by atoms with van der Waals surface area (Å²) >= 11 is 0. The van der Waals surface area contributed by atoms with Crippen molar-refractivity contribution in [2.24, 2.45) is 17.3 Å². The van der Waals surface area contributed by atoms with Gasteiger partial charge in [0.1, 0.15) is 0 Å². The second kappa shape index (κ2) is 10.6. The van der Waals surface area contributed by atoms with Crippen LogP contribution < -0.4 is 0 Å². The van der Waals surface area contributed by atoms with E-state index < -0.39 is 23.3 Å². The van der Waals surface area contributed by atoms with Crippen LogP contribution in [0.4, 0.5) is 0 Å². The fourth-order valence-electron chi connectivity index (χ4n) is 3.03. The van der Waals surface area contributed by atoms with Gasteiger partial charge in [-0.15, -0.1) is 0 Å². The van der Waals surface area contributed by atoms with Crippen LogP contribution in [0.5, 0.6) is 0 Å². The van der Waals surface area contributed by atoms with Gasteiger partial charge in [0.05, 0.1) is 11.3 Å². The highest BCUT2D eigenvalue weighted by Gasteiger charge is 2.35. The minimum absolute atomic E-state index is 0.423. The van der Waals surface area contributed by atoms with Crippen LogP contribution in [0.2, 0.25) is 0 Å². The summed E-state index contributed by atoms with van der Waals surface area (Å²) in [4.78, 5) is 22.7. The lowest BCUT2D eigenvalue weighted by molar-refractivity contribution is -0.151. The maximum absolute atomic E-state index is 11.7. The third-order valence-corrected chi connectivity index (χ3v) is 4.72. The van der Waals surface area contributed by atoms with Crippen LogP contribution in [-0.4, -0.2) is 22.2 Å². The predicted octanol–water partition coefficient (Wildman–Crippen LogP) is 4.96. The molecule has 0 amide bonds. The van der Waals surface area contributed by atoms with E-state index in [1.165, 1.54) is 12.8 Å². The molecule has 0 bridgehead atoms. The monoisotopic (exact) mass is 314 g/mol. The molecule has 130 valence electrons. The molecule has 0 aliphatic heterocycles. The van der Waals surface area contributed by atoms with Gasteiger partial charge in [-0.1, -0.05) is 59.3 Å². The SMILES string of the molecule is CCCCCC(CCC)CC(C)(CCC(C)C(=O)O)C(=O)O. The van der Waals surface area contributed by atoms with Crippen LogP contribution in [0.25, 0.3) is 0 Å². The van der Waals surface area contributed by atoms with Gasteiger partial charge in [0.15, 0.2) is 0 Å². The Kier molecular flexibility index (Phi) is 10.1. The molecule has 0 aromatic carbocycles. The fraction of sp³-hybridized carbons (Fsp3) is 0.889. The molecule has 0 aromatic rings. The molecular weight excluding hydrogens is 280 g/mol. The predicted molar refractivity (Wildman–Crippen MR) is 88.9 cm³/mol. The van der Waals surface area contributed by atoms with Gasteiger partial charge in [0, 0.05) is 0 Å². The van der Waals surface area contributed by atoms with Gasteiger partial charge in [-0.05, 0) is 32.1 Å². The van der Waals surface area contributed by atoms with E-state index in [0.29, 0.717) is 25.2 Å². The molecule has 4 nitrogen and oxygen atoms in total. The lowest BCUT2D eigenvalue weighted by Gasteiger charge is -2.30. The Labute approximate surface area is 135 Å². The number of carboxylic acid groups (broad SMARTS) is 2. The van der Waals surface area contributed by atoms with Crippen molar-refractivity contribution in [3.63, 3.8) is 0 Å². The molecule has 0 fully saturated rings. The van der Waals surface area contributed by atoms with Crippen molar-refractivity contribution in [3.8, 4) is 0 Å². The van der Waals surface area contributed by atoms with E-state index in [1.54, 1.807) is 13.8 Å². The molecule has 4 heteroatoms. The summed E-state index contributed by atoms with van der Waals surface area (Å²) in [5.74, 6) is -1.69. The van der Waals surface area contributed by atoms with E-state index in [4.69, 9.17) is 5.11 Å². The van der Waals surface area contributed by atoms with Crippen molar-refractivity contribution in [1.29, 1.82) is 0 Å². The summed E-state index contributed by atoms with van der Waals surface area (Å²) in [5, 5.41) is 18.6. The minimum atomic E-state index is -0.846. The van der Waals surface area contributed by atoms with E-state index in [0.717, 1.165) is 25.7 Å². The average Bonchev–Trinajstić information content (AvgIpc) is 2.44. The molecule has 0 aromatic heterocycles. The Morgan fingerprint density at radius 1 is 1.00 bits per heavy atom. The van der Waals surface area contributed by atoms with Crippen LogP contribution in [0.15, 0.2) is 0 Å². The zero-order chi connectivity index (χ0) is 17.2. The largest absolute Gasteiger partial charge is 0.481 e. The first-order valence-electron chi connectivity index (χ1n) is 8.73. The first kappa shape index (κ1) is 20.9. The maximum atomic E-state index is 11.7. The molecule has 0 spiro atoms. The van der Waals surface area contributed by atoms with E-state index in [9.17, 15) is 14.7 Å². The number of carboxylic acids is 2. The van der Waals surface area contributed by atoms with Crippen molar-refractivity contribution < 1.29 is 19.8 Å². The molecule has 2 N–H and O–H groups in total. The highest BCUT2D eigenvalue weighted by atomic mass is 16.4. The molecular formula is C18H34O4. The molecule has 3 atom stereocenters. The van der Waals surface area contributed by atoms with Crippen LogP contribution in [0, 0.1) is 17.3 Å². The molecule has 0 saturated heterocycles. The standard InChI is InChI=1S/C18H34O4/c1-5-7-8-10-15(9-6-2)13-18(4,17(21)22)12-11-14(3)16(19)20/h14-15H,5-13H2,1-4H3,(H,19,20)(H,21,22). The lowest BCUT2D eigenvalue weighted by Crippen LogP contribution is -2.31. The van der Waals surface area contributed by atoms with Gasteiger partial charge in [0.25, 0.3) is 0 Å². The number of carbonyl (C=O) groups is 2. The van der Waals surface area contributed by atoms with Gasteiger partial charge >= 0.3 is 11.9 Å². The first-order chi connectivity index (χ1) is 10.3. The number of unbranched alkanes of at least 4 members (excludes halogenated alkanes) is 2. The second-order valence-corrected chi connectivity index (χ2v) is 7.00. The number of hydrogen-bond donors (Lipinski definition) is 2. The summed E-state index contributed by atoms with van der Waals surface area (Å²) in [6.45, 7) is 7.74. The molecule has 0 aliphatic rings. The third-order valence-electron chi connectivity index (χ3n) is 4.72. The highest BCUT2D eigenvalue weighted by molar-refractivity contribution is 5.74. The van der Waals surface area contributed by atoms with Crippen LogP contribution >= 0.6 is 0 Å². The summed E-state index contributed by atoms with van der Waals surface area (Å²) in [6.07, 6.45) is 8.24. The average molecular weight is 314 g/mol. The van der Waals surface area contributed by atoms with Crippen molar-refractivity contribution in [2.45, 2.75) is 85.5 Å². The Bertz CT molecular complexity index is 340. The highest BCUT2D eigenvalue weighted by Crippen LogP contribution is 2.36. The number of hydrogen-bond acceptors (Lipinski definition) is 2. The smallest absolute Gasteiger partial charge is 0.309 e. The van der Waals surface area contributed by atoms with E-state index in [2.05, 4.69) is 13.8 Å². The quantitative estimate of drug-likeness (QED) is 0.471. The van der Waals surface area contributed by atoms with E-state index in [1.807, 2.05) is 0 Å². The summed E-state index contributed by atoms with van der Waals surface area (Å²) in [5.41, 5.74) is -0.810. The number of aliphatic carboxylic acids is 2. The molecule has 3 unspecified atom stereocenters. The lowest BCUT2D eigenvalue weighted by atomic mass is 9.74. The maximum Gasteiger partial charge on any atom is 0.309 e. The Balaban J connectivity index is 4.72. The fourth-order valence-corrected chi connectivity index (χ4v) is 3.03. The first-order valence-corrected chi connectivity index (χ1v) is 8.73. The molecule has 22 heavy (non-hydrogen) atoms. The minimum Gasteiger partial charge on any atom is -0.481 e. The van der Waals surface area contributed by atoms with E-state index in [-0.39, 0.29) is 0 Å². The molecule has 0 aliphatic carbocycles. The van der Waals surface area contributed by atoms with Gasteiger partial charge in [0.2, 0.25) is 0 Å². The molecule has 0 rings (SSSR count). The van der Waals surface area contributed by atoms with Crippen molar-refractivity contribution in [3.05, 3.63) is 0 Å². The van der Waals surface area contributed by atoms with Crippen molar-refractivity contribution in [2.75, 3.05) is 0 Å². The molecule has 0 radical (unpaired) electrons. The number of rotatable bonds is 13. The zero-order valence-electron chi connectivity index (χ0n) is 14.7. The normalized spacial score (nSPS) is 16.7. The summed E-state index contributed by atoms with van der Waals surface area (Å²) in [7, 11) is 0. The summed E-state index contributed by atoms with van der Waals surface area (Å²) in [6, 6.07) is 0. The van der Waals surface area contributed by atoms with Gasteiger partial charge in [-0.2, -0.15) is 0 Å². The Morgan fingerprint density at radius 3 is 2.09 bits per heavy atom.